The summed E-state index contributed by atoms with van der Waals surface area (Å²) in [5, 5.41) is 3.07. The second-order valence-electron chi connectivity index (χ2n) is 7.52. The Hall–Kier alpha value is -3.60. The number of para-hydroxylation sites is 1. The van der Waals surface area contributed by atoms with Crippen LogP contribution in [-0.2, 0) is 17.9 Å². The first kappa shape index (κ1) is 19.7. The Labute approximate surface area is 176 Å². The maximum absolute atomic E-state index is 13.2. The van der Waals surface area contributed by atoms with Crippen LogP contribution in [-0.4, -0.2) is 29.4 Å². The van der Waals surface area contributed by atoms with Crippen molar-refractivity contribution >= 4 is 17.6 Å². The van der Waals surface area contributed by atoms with Crippen LogP contribution in [0.3, 0.4) is 0 Å². The van der Waals surface area contributed by atoms with Crippen molar-refractivity contribution in [2.75, 3.05) is 11.4 Å². The molecule has 0 aliphatic carbocycles. The molecule has 4 rings (SSSR count). The van der Waals surface area contributed by atoms with Crippen LogP contribution in [0.25, 0.3) is 0 Å². The van der Waals surface area contributed by atoms with E-state index in [1.165, 1.54) is 0 Å². The Bertz CT molecular complexity index is 977. The number of benzene rings is 3. The highest BCUT2D eigenvalue weighted by Gasteiger charge is 2.31. The lowest BCUT2D eigenvalue weighted by Gasteiger charge is -2.25. The number of carbonyl (C=O) groups is 2. The quantitative estimate of drug-likeness (QED) is 0.675. The molecule has 0 saturated carbocycles. The van der Waals surface area contributed by atoms with Crippen molar-refractivity contribution in [3.05, 3.63) is 102 Å². The van der Waals surface area contributed by atoms with E-state index < -0.39 is 0 Å². The van der Waals surface area contributed by atoms with Gasteiger partial charge in [-0.05, 0) is 23.3 Å². The largest absolute Gasteiger partial charge is 0.336 e. The van der Waals surface area contributed by atoms with Crippen LogP contribution in [0.4, 0.5) is 10.5 Å². The minimum Gasteiger partial charge on any atom is -0.336 e. The first-order chi connectivity index (χ1) is 14.7. The van der Waals surface area contributed by atoms with Gasteiger partial charge in [0.2, 0.25) is 5.91 Å². The first-order valence-electron chi connectivity index (χ1n) is 10.2. The van der Waals surface area contributed by atoms with E-state index in [1.54, 1.807) is 4.90 Å². The van der Waals surface area contributed by atoms with Crippen LogP contribution < -0.4 is 10.2 Å². The molecule has 5 heteroatoms. The number of carbonyl (C=O) groups excluding carboxylic acids is 2. The predicted molar refractivity (Wildman–Crippen MR) is 118 cm³/mol. The maximum Gasteiger partial charge on any atom is 0.322 e. The Morgan fingerprint density at radius 2 is 1.43 bits per heavy atom. The van der Waals surface area contributed by atoms with Crippen molar-refractivity contribution < 1.29 is 9.59 Å². The van der Waals surface area contributed by atoms with Gasteiger partial charge in [-0.15, -0.1) is 0 Å². The van der Waals surface area contributed by atoms with Crippen molar-refractivity contribution in [2.45, 2.75) is 25.6 Å². The molecule has 0 radical (unpaired) electrons. The first-order valence-corrected chi connectivity index (χ1v) is 10.2. The molecule has 3 amide bonds. The Kier molecular flexibility index (Phi) is 6.09. The van der Waals surface area contributed by atoms with Crippen LogP contribution in [0.5, 0.6) is 0 Å². The summed E-state index contributed by atoms with van der Waals surface area (Å²) in [5.41, 5.74) is 2.96. The molecule has 1 heterocycles. The molecule has 5 nitrogen and oxygen atoms in total. The van der Waals surface area contributed by atoms with Crippen LogP contribution >= 0.6 is 0 Å². The lowest BCUT2D eigenvalue weighted by atomic mass is 10.2. The van der Waals surface area contributed by atoms with Gasteiger partial charge in [-0.2, -0.15) is 0 Å². The molecular weight excluding hydrogens is 374 g/mol. The second-order valence-corrected chi connectivity index (χ2v) is 7.52. The maximum atomic E-state index is 13.2. The SMILES string of the molecule is O=C1CC(NC(=O)N(Cc2ccccc2)c2ccccc2)CN1Cc1ccccc1. The lowest BCUT2D eigenvalue weighted by Crippen LogP contribution is -2.45. The van der Waals surface area contributed by atoms with Gasteiger partial charge in [0.05, 0.1) is 12.6 Å². The third-order valence-electron chi connectivity index (χ3n) is 5.25. The highest BCUT2D eigenvalue weighted by atomic mass is 16.2. The van der Waals surface area contributed by atoms with E-state index in [1.807, 2.05) is 95.9 Å². The van der Waals surface area contributed by atoms with Gasteiger partial charge in [0.15, 0.2) is 0 Å². The zero-order valence-electron chi connectivity index (χ0n) is 16.8. The van der Waals surface area contributed by atoms with Gasteiger partial charge in [0.25, 0.3) is 0 Å². The normalized spacial score (nSPS) is 15.8. The molecule has 30 heavy (non-hydrogen) atoms. The van der Waals surface area contributed by atoms with Crippen molar-refractivity contribution in [1.82, 2.24) is 10.2 Å². The summed E-state index contributed by atoms with van der Waals surface area (Å²) < 4.78 is 0. The monoisotopic (exact) mass is 399 g/mol. The number of anilines is 1. The predicted octanol–water partition coefficient (Wildman–Crippen LogP) is 4.20. The van der Waals surface area contributed by atoms with Crippen LogP contribution in [0.1, 0.15) is 17.5 Å². The van der Waals surface area contributed by atoms with Crippen LogP contribution in [0.2, 0.25) is 0 Å². The molecule has 0 aromatic heterocycles. The van der Waals surface area contributed by atoms with Gasteiger partial charge in [-0.1, -0.05) is 78.9 Å². The zero-order chi connectivity index (χ0) is 20.8. The molecule has 1 aliphatic rings. The number of nitrogens with zero attached hydrogens (tertiary/aromatic N) is 2. The average Bonchev–Trinajstić information content (AvgIpc) is 3.12. The molecule has 1 N–H and O–H groups in total. The highest BCUT2D eigenvalue weighted by molar-refractivity contribution is 5.92. The van der Waals surface area contributed by atoms with Crippen molar-refractivity contribution in [3.63, 3.8) is 0 Å². The van der Waals surface area contributed by atoms with Gasteiger partial charge in [-0.25, -0.2) is 4.79 Å². The van der Waals surface area contributed by atoms with E-state index >= 15 is 0 Å². The number of rotatable bonds is 6. The summed E-state index contributed by atoms with van der Waals surface area (Å²) in [6.45, 7) is 1.55. The Balaban J connectivity index is 1.44. The van der Waals surface area contributed by atoms with Gasteiger partial charge in [0.1, 0.15) is 0 Å². The van der Waals surface area contributed by atoms with Gasteiger partial charge in [0, 0.05) is 25.2 Å². The van der Waals surface area contributed by atoms with Gasteiger partial charge in [-0.3, -0.25) is 9.69 Å². The third kappa shape index (κ3) is 4.87. The zero-order valence-corrected chi connectivity index (χ0v) is 16.8. The molecule has 0 bridgehead atoms. The number of nitrogens with one attached hydrogen (secondary N) is 1. The van der Waals surface area contributed by atoms with Crippen molar-refractivity contribution in [1.29, 1.82) is 0 Å². The number of urea groups is 1. The summed E-state index contributed by atoms with van der Waals surface area (Å²) >= 11 is 0. The van der Waals surface area contributed by atoms with E-state index in [-0.39, 0.29) is 18.0 Å². The van der Waals surface area contributed by atoms with Crippen molar-refractivity contribution in [2.24, 2.45) is 0 Å². The number of hydrogen-bond donors (Lipinski definition) is 1. The fraction of sp³-hybridized carbons (Fsp3) is 0.200. The van der Waals surface area contributed by atoms with Gasteiger partial charge < -0.3 is 10.2 Å². The molecule has 1 unspecified atom stereocenters. The molecular formula is C25H25N3O2. The van der Waals surface area contributed by atoms with E-state index in [0.717, 1.165) is 16.8 Å². The van der Waals surface area contributed by atoms with Gasteiger partial charge >= 0.3 is 6.03 Å². The molecule has 1 aliphatic heterocycles. The lowest BCUT2D eigenvalue weighted by molar-refractivity contribution is -0.128. The van der Waals surface area contributed by atoms with E-state index in [9.17, 15) is 9.59 Å². The molecule has 3 aromatic rings. The second kappa shape index (κ2) is 9.27. The molecule has 1 fully saturated rings. The van der Waals surface area contributed by atoms with Crippen molar-refractivity contribution in [3.8, 4) is 0 Å². The van der Waals surface area contributed by atoms with E-state index in [0.29, 0.717) is 26.1 Å². The smallest absolute Gasteiger partial charge is 0.322 e. The molecule has 3 aromatic carbocycles. The summed E-state index contributed by atoms with van der Waals surface area (Å²) in [6.07, 6.45) is 0.326. The summed E-state index contributed by atoms with van der Waals surface area (Å²) in [6, 6.07) is 29.0. The van der Waals surface area contributed by atoms with E-state index in [4.69, 9.17) is 0 Å². The summed E-state index contributed by atoms with van der Waals surface area (Å²) in [5.74, 6) is 0.0680. The summed E-state index contributed by atoms with van der Waals surface area (Å²) in [7, 11) is 0. The fourth-order valence-electron chi connectivity index (χ4n) is 3.73. The Morgan fingerprint density at radius 1 is 0.867 bits per heavy atom. The number of amides is 3. The molecule has 152 valence electrons. The molecule has 1 atom stereocenters. The number of hydrogen-bond acceptors (Lipinski definition) is 2. The minimum atomic E-state index is -0.198. The number of likely N-dealkylation sites (tertiary alicyclic amines) is 1. The standard InChI is InChI=1S/C25H25N3O2/c29-24-16-22(19-27(24)17-20-10-4-1-5-11-20)26-25(30)28(23-14-8-3-9-15-23)18-21-12-6-2-7-13-21/h1-15,22H,16-19H2,(H,26,30). The Morgan fingerprint density at radius 3 is 2.07 bits per heavy atom. The average molecular weight is 399 g/mol. The summed E-state index contributed by atoms with van der Waals surface area (Å²) in [4.78, 5) is 29.2. The van der Waals surface area contributed by atoms with E-state index in [2.05, 4.69) is 5.32 Å². The third-order valence-corrected chi connectivity index (χ3v) is 5.25. The fourth-order valence-corrected chi connectivity index (χ4v) is 3.73. The molecule has 1 saturated heterocycles. The van der Waals surface area contributed by atoms with Crippen LogP contribution in [0.15, 0.2) is 91.0 Å². The topological polar surface area (TPSA) is 52.7 Å². The molecule has 0 spiro atoms. The highest BCUT2D eigenvalue weighted by Crippen LogP contribution is 2.19. The van der Waals surface area contributed by atoms with Crippen LogP contribution in [0, 0.1) is 0 Å². The minimum absolute atomic E-state index is 0.0680.